The molecule has 0 rings (SSSR count). The Labute approximate surface area is 105 Å². The lowest BCUT2D eigenvalue weighted by molar-refractivity contribution is -0.851. The quantitative estimate of drug-likeness (QED) is 0.232. The van der Waals surface area contributed by atoms with Crippen LogP contribution in [0, 0.1) is 20.2 Å². The summed E-state index contributed by atoms with van der Waals surface area (Å²) in [5, 5.41) is 18.0. The second-order valence-electron chi connectivity index (χ2n) is 4.00. The Balaban J connectivity index is 3.62. The van der Waals surface area contributed by atoms with Crippen molar-refractivity contribution in [1.29, 1.82) is 0 Å². The molecule has 18 heavy (non-hydrogen) atoms. The van der Waals surface area contributed by atoms with Crippen LogP contribution in [-0.4, -0.2) is 16.5 Å². The molecule has 0 aliphatic carbocycles. The number of nitrogens with zero attached hydrogens (tertiary/aromatic N) is 2. The Morgan fingerprint density at radius 1 is 0.889 bits per heavy atom. The molecule has 0 fully saturated rings. The van der Waals surface area contributed by atoms with Crippen molar-refractivity contribution in [3.05, 3.63) is 20.2 Å². The van der Waals surface area contributed by atoms with Crippen molar-refractivity contribution in [3.63, 3.8) is 0 Å². The van der Waals surface area contributed by atoms with E-state index in [1.54, 1.807) is 0 Å². The molecular weight excluding hydrogens is 244 g/mol. The minimum atomic E-state index is -1.41. The van der Waals surface area contributed by atoms with Gasteiger partial charge in [-0.2, -0.15) is 0 Å². The van der Waals surface area contributed by atoms with E-state index < -0.39 is 16.5 Å². The molecule has 0 N–H and O–H groups in total. The summed E-state index contributed by atoms with van der Waals surface area (Å²) in [7, 11) is 0. The van der Waals surface area contributed by atoms with E-state index in [2.05, 4.69) is 16.6 Å². The maximum Gasteiger partial charge on any atom is 0.296 e. The summed E-state index contributed by atoms with van der Waals surface area (Å²) < 4.78 is 0. The van der Waals surface area contributed by atoms with Gasteiger partial charge in [-0.05, 0) is 12.8 Å². The van der Waals surface area contributed by atoms with Crippen molar-refractivity contribution in [2.24, 2.45) is 0 Å². The number of hydrogen-bond donors (Lipinski definition) is 0. The van der Waals surface area contributed by atoms with E-state index in [0.29, 0.717) is 6.42 Å². The zero-order chi connectivity index (χ0) is 13.8. The van der Waals surface area contributed by atoms with E-state index in [9.17, 15) is 20.2 Å². The summed E-state index contributed by atoms with van der Waals surface area (Å²) in [5.74, 6) is 0. The topological polar surface area (TPSA) is 105 Å². The molecule has 0 amide bonds. The molecule has 0 aromatic heterocycles. The molecule has 8 nitrogen and oxygen atoms in total. The maximum atomic E-state index is 10.1. The van der Waals surface area contributed by atoms with Gasteiger partial charge in [0, 0.05) is 0 Å². The van der Waals surface area contributed by atoms with E-state index in [1.807, 2.05) is 0 Å². The summed E-state index contributed by atoms with van der Waals surface area (Å²) in [6, 6.07) is 0. The summed E-state index contributed by atoms with van der Waals surface area (Å²) in [6.45, 7) is 2.13. The summed E-state index contributed by atoms with van der Waals surface area (Å²) in [5.41, 5.74) is 0. The Morgan fingerprint density at radius 2 is 1.33 bits per heavy atom. The van der Waals surface area contributed by atoms with Crippen LogP contribution in [0.1, 0.15) is 58.3 Å². The second-order valence-corrected chi connectivity index (χ2v) is 4.00. The third-order valence-electron chi connectivity index (χ3n) is 2.45. The van der Waals surface area contributed by atoms with E-state index >= 15 is 0 Å². The summed E-state index contributed by atoms with van der Waals surface area (Å²) >= 11 is 0. The molecule has 0 aromatic rings. The first-order chi connectivity index (χ1) is 8.56. The highest BCUT2D eigenvalue weighted by molar-refractivity contribution is 4.47. The average Bonchev–Trinajstić information content (AvgIpc) is 2.26. The lowest BCUT2D eigenvalue weighted by Crippen LogP contribution is -2.23. The van der Waals surface area contributed by atoms with Gasteiger partial charge in [0.2, 0.25) is 0 Å². The zero-order valence-corrected chi connectivity index (χ0v) is 10.6. The van der Waals surface area contributed by atoms with Crippen molar-refractivity contribution >= 4 is 0 Å². The van der Waals surface area contributed by atoms with Crippen LogP contribution in [0.3, 0.4) is 0 Å². The van der Waals surface area contributed by atoms with E-state index in [0.717, 1.165) is 19.3 Å². The smallest absolute Gasteiger partial charge is 0.283 e. The molecule has 0 saturated heterocycles. The highest BCUT2D eigenvalue weighted by Gasteiger charge is 2.16. The fourth-order valence-corrected chi connectivity index (χ4v) is 1.58. The molecule has 106 valence electrons. The van der Waals surface area contributed by atoms with Crippen molar-refractivity contribution in [1.82, 2.24) is 0 Å². The molecular formula is C10H20N2O6. The molecule has 0 radical (unpaired) electrons. The van der Waals surface area contributed by atoms with Gasteiger partial charge in [-0.1, -0.05) is 45.4 Å². The first-order valence-electron chi connectivity index (χ1n) is 6.18. The van der Waals surface area contributed by atoms with Crippen LogP contribution in [-0.2, 0) is 9.68 Å². The largest absolute Gasteiger partial charge is 0.296 e. The molecule has 0 aliphatic heterocycles. The highest BCUT2D eigenvalue weighted by Crippen LogP contribution is 2.12. The fraction of sp³-hybridized carbons (Fsp3) is 1.00. The number of unbranched alkanes of at least 4 members (excludes halogenated alkanes) is 6. The van der Waals surface area contributed by atoms with Crippen molar-refractivity contribution in [2.75, 3.05) is 0 Å². The van der Waals surface area contributed by atoms with E-state index in [4.69, 9.17) is 0 Å². The summed E-state index contributed by atoms with van der Waals surface area (Å²) in [4.78, 5) is 28.3. The molecule has 0 unspecified atom stereocenters. The van der Waals surface area contributed by atoms with Crippen LogP contribution < -0.4 is 0 Å². The predicted molar refractivity (Wildman–Crippen MR) is 62.6 cm³/mol. The molecule has 8 heteroatoms. The fourth-order valence-electron chi connectivity index (χ4n) is 1.58. The van der Waals surface area contributed by atoms with Crippen LogP contribution in [0.4, 0.5) is 0 Å². The van der Waals surface area contributed by atoms with Gasteiger partial charge in [-0.15, -0.1) is 20.2 Å². The van der Waals surface area contributed by atoms with Crippen molar-refractivity contribution < 1.29 is 19.8 Å². The van der Waals surface area contributed by atoms with Crippen molar-refractivity contribution in [2.45, 2.75) is 64.6 Å². The van der Waals surface area contributed by atoms with Gasteiger partial charge in [-0.3, -0.25) is 9.68 Å². The standard InChI is InChI=1S/C10H20N2O6/c1-2-3-4-5-6-7-8-9-10(17-11(13)14)18-12(15)16/h10H,2-9H2,1H3. The number of hydrogen-bond acceptors (Lipinski definition) is 6. The van der Waals surface area contributed by atoms with Gasteiger partial charge in [0.15, 0.2) is 0 Å². The third-order valence-corrected chi connectivity index (χ3v) is 2.45. The van der Waals surface area contributed by atoms with Gasteiger partial charge < -0.3 is 0 Å². The average molecular weight is 264 g/mol. The van der Waals surface area contributed by atoms with Gasteiger partial charge in [0.1, 0.15) is 0 Å². The molecule has 0 bridgehead atoms. The minimum Gasteiger partial charge on any atom is -0.283 e. The first kappa shape index (κ1) is 16.4. The minimum absolute atomic E-state index is 0.149. The Hall–Kier alpha value is -1.60. The van der Waals surface area contributed by atoms with Crippen molar-refractivity contribution in [3.8, 4) is 0 Å². The van der Waals surface area contributed by atoms with Gasteiger partial charge in [-0.25, -0.2) is 0 Å². The van der Waals surface area contributed by atoms with Crippen LogP contribution in [0.5, 0.6) is 0 Å². The second kappa shape index (κ2) is 10.5. The SMILES string of the molecule is CCCCCCCCCC(O[N+](=O)[O-])O[N+](=O)[O-]. The highest BCUT2D eigenvalue weighted by atomic mass is 17.0. The van der Waals surface area contributed by atoms with E-state index in [1.165, 1.54) is 19.3 Å². The van der Waals surface area contributed by atoms with Gasteiger partial charge >= 0.3 is 0 Å². The maximum absolute atomic E-state index is 10.1. The lowest BCUT2D eigenvalue weighted by atomic mass is 10.1. The molecule has 0 heterocycles. The molecule has 0 aliphatic rings. The number of rotatable bonds is 12. The molecule has 0 aromatic carbocycles. The van der Waals surface area contributed by atoms with Gasteiger partial charge in [0.25, 0.3) is 16.5 Å². The Bertz CT molecular complexity index is 233. The normalized spacial score (nSPS) is 10.3. The third kappa shape index (κ3) is 10.9. The molecule has 0 spiro atoms. The predicted octanol–water partition coefficient (Wildman–Crippen LogP) is 2.87. The van der Waals surface area contributed by atoms with Gasteiger partial charge in [0.05, 0.1) is 0 Å². The Kier molecular flexibility index (Phi) is 9.61. The molecule has 0 atom stereocenters. The summed E-state index contributed by atoms with van der Waals surface area (Å²) in [6.07, 6.45) is 5.90. The zero-order valence-electron chi connectivity index (χ0n) is 10.6. The van der Waals surface area contributed by atoms with Crippen LogP contribution in [0.2, 0.25) is 0 Å². The van der Waals surface area contributed by atoms with Crippen LogP contribution in [0.15, 0.2) is 0 Å². The van der Waals surface area contributed by atoms with Crippen LogP contribution >= 0.6 is 0 Å². The lowest BCUT2D eigenvalue weighted by Gasteiger charge is -2.11. The first-order valence-corrected chi connectivity index (χ1v) is 6.18. The van der Waals surface area contributed by atoms with Crippen LogP contribution in [0.25, 0.3) is 0 Å². The molecule has 0 saturated carbocycles. The monoisotopic (exact) mass is 264 g/mol. The van der Waals surface area contributed by atoms with E-state index in [-0.39, 0.29) is 6.42 Å². The Morgan fingerprint density at radius 3 is 1.78 bits per heavy atom.